The number of rotatable bonds is 2. The van der Waals surface area contributed by atoms with Gasteiger partial charge in [-0.25, -0.2) is 0 Å². The van der Waals surface area contributed by atoms with Gasteiger partial charge in [0.25, 0.3) is 0 Å². The van der Waals surface area contributed by atoms with Crippen LogP contribution in [0.1, 0.15) is 0 Å². The molecule has 0 fully saturated rings. The predicted octanol–water partition coefficient (Wildman–Crippen LogP) is -0.0319. The maximum absolute atomic E-state index is 10.3. The van der Waals surface area contributed by atoms with Gasteiger partial charge in [0, 0.05) is 0 Å². The summed E-state index contributed by atoms with van der Waals surface area (Å²) in [6.45, 7) is 2.75. The summed E-state index contributed by atoms with van der Waals surface area (Å²) in [7, 11) is -9.83. The van der Waals surface area contributed by atoms with E-state index in [2.05, 4.69) is 6.58 Å². The second-order valence-corrected chi connectivity index (χ2v) is 5.01. The lowest BCUT2D eigenvalue weighted by molar-refractivity contribution is 0.367. The standard InChI is InChI=1S/C3H6O6P2/c1-2-3(10(4,5)6)11(7,8)9/h1H2,(H2,4,5,6)(H2,7,8,9). The molecule has 0 spiro atoms. The second kappa shape index (κ2) is 3.05. The van der Waals surface area contributed by atoms with E-state index >= 15 is 0 Å². The van der Waals surface area contributed by atoms with Gasteiger partial charge in [0.2, 0.25) is 0 Å². The molecule has 0 amide bonds. The fourth-order valence-electron chi connectivity index (χ4n) is 0.376. The van der Waals surface area contributed by atoms with Crippen LogP contribution in [-0.2, 0) is 9.13 Å². The van der Waals surface area contributed by atoms with Gasteiger partial charge in [-0.15, -0.1) is 5.73 Å². The van der Waals surface area contributed by atoms with Crippen molar-refractivity contribution in [2.24, 2.45) is 0 Å². The van der Waals surface area contributed by atoms with E-state index in [0.717, 1.165) is 0 Å². The van der Waals surface area contributed by atoms with Crippen LogP contribution in [0.4, 0.5) is 0 Å². The van der Waals surface area contributed by atoms with Crippen molar-refractivity contribution in [1.29, 1.82) is 0 Å². The maximum atomic E-state index is 10.3. The largest absolute Gasteiger partial charge is 0.372 e. The summed E-state index contributed by atoms with van der Waals surface area (Å²) < 4.78 is 20.5. The summed E-state index contributed by atoms with van der Waals surface area (Å²) in [5, 5.41) is -1.37. The van der Waals surface area contributed by atoms with E-state index in [9.17, 15) is 9.13 Å². The minimum atomic E-state index is -4.92. The van der Waals surface area contributed by atoms with Crippen LogP contribution < -0.4 is 0 Å². The molecule has 0 aromatic heterocycles. The lowest BCUT2D eigenvalue weighted by Gasteiger charge is -2.06. The van der Waals surface area contributed by atoms with Crippen molar-refractivity contribution < 1.29 is 28.7 Å². The molecule has 6 nitrogen and oxygen atoms in total. The van der Waals surface area contributed by atoms with Gasteiger partial charge in [0.15, 0.2) is 5.06 Å². The van der Waals surface area contributed by atoms with Crippen molar-refractivity contribution in [3.63, 3.8) is 0 Å². The van der Waals surface area contributed by atoms with Crippen LogP contribution in [0.2, 0.25) is 0 Å². The third-order valence-corrected chi connectivity index (χ3v) is 3.69. The molecule has 11 heavy (non-hydrogen) atoms. The molecule has 0 unspecified atom stereocenters. The summed E-state index contributed by atoms with van der Waals surface area (Å²) in [6, 6.07) is 0. The van der Waals surface area contributed by atoms with Gasteiger partial charge in [-0.05, 0) is 0 Å². The summed E-state index contributed by atoms with van der Waals surface area (Å²) in [5.41, 5.74) is 1.52. The summed E-state index contributed by atoms with van der Waals surface area (Å²) in [4.78, 5) is 33.2. The van der Waals surface area contributed by atoms with Crippen LogP contribution in [0.25, 0.3) is 0 Å². The van der Waals surface area contributed by atoms with Crippen LogP contribution in [0, 0.1) is 0 Å². The molecular weight excluding hydrogens is 194 g/mol. The average molecular weight is 200 g/mol. The molecular formula is C3H6O6P2. The maximum Gasteiger partial charge on any atom is 0.372 e. The van der Waals surface area contributed by atoms with Gasteiger partial charge in [0.1, 0.15) is 0 Å². The number of hydrogen-bond acceptors (Lipinski definition) is 2. The highest BCUT2D eigenvalue weighted by atomic mass is 31.2. The molecule has 0 saturated carbocycles. The Hall–Kier alpha value is -0.180. The van der Waals surface area contributed by atoms with Crippen LogP contribution in [-0.4, -0.2) is 19.6 Å². The molecule has 0 heterocycles. The molecule has 0 aliphatic rings. The fourth-order valence-corrected chi connectivity index (χ4v) is 2.15. The van der Waals surface area contributed by atoms with Crippen molar-refractivity contribution in [2.75, 3.05) is 0 Å². The van der Waals surface area contributed by atoms with E-state index in [1.807, 2.05) is 0 Å². The smallest absolute Gasteiger partial charge is 0.320 e. The molecule has 0 aromatic rings. The Kier molecular flexibility index (Phi) is 3.00. The molecule has 0 aliphatic carbocycles. The Labute approximate surface area is 62.2 Å². The lowest BCUT2D eigenvalue weighted by atomic mass is 11.0. The van der Waals surface area contributed by atoms with E-state index in [-0.39, 0.29) is 0 Å². The molecule has 4 N–H and O–H groups in total. The summed E-state index contributed by atoms with van der Waals surface area (Å²) >= 11 is 0. The van der Waals surface area contributed by atoms with E-state index < -0.39 is 20.2 Å². The molecule has 0 aromatic carbocycles. The van der Waals surface area contributed by atoms with E-state index in [4.69, 9.17) is 19.6 Å². The fraction of sp³-hybridized carbons (Fsp3) is 0. The topological polar surface area (TPSA) is 115 Å². The van der Waals surface area contributed by atoms with Gasteiger partial charge in [-0.2, -0.15) is 0 Å². The SMILES string of the molecule is C=C=C(P(=O)(O)O)P(=O)(O)O. The van der Waals surface area contributed by atoms with Crippen molar-refractivity contribution in [2.45, 2.75) is 0 Å². The van der Waals surface area contributed by atoms with Gasteiger partial charge < -0.3 is 19.6 Å². The van der Waals surface area contributed by atoms with Crippen molar-refractivity contribution >= 4 is 15.2 Å². The first-order chi connectivity index (χ1) is 4.69. The van der Waals surface area contributed by atoms with Gasteiger partial charge in [-0.1, -0.05) is 6.58 Å². The Balaban J connectivity index is 5.25. The minimum absolute atomic E-state index is 1.37. The number of hydrogen-bond donors (Lipinski definition) is 4. The minimum Gasteiger partial charge on any atom is -0.320 e. The normalized spacial score (nSPS) is 12.4. The van der Waals surface area contributed by atoms with Crippen molar-refractivity contribution in [3.8, 4) is 0 Å². The molecule has 0 radical (unpaired) electrons. The Morgan fingerprint density at radius 3 is 1.36 bits per heavy atom. The van der Waals surface area contributed by atoms with Crippen LogP contribution in [0.15, 0.2) is 17.4 Å². The summed E-state index contributed by atoms with van der Waals surface area (Å²) in [6.07, 6.45) is 0. The molecule has 0 saturated heterocycles. The Morgan fingerprint density at radius 2 is 1.36 bits per heavy atom. The van der Waals surface area contributed by atoms with E-state index in [1.54, 1.807) is 0 Å². The van der Waals surface area contributed by atoms with Gasteiger partial charge in [-0.3, -0.25) is 9.13 Å². The van der Waals surface area contributed by atoms with Crippen LogP contribution >= 0.6 is 15.2 Å². The van der Waals surface area contributed by atoms with Crippen LogP contribution in [0.5, 0.6) is 0 Å². The van der Waals surface area contributed by atoms with E-state index in [0.29, 0.717) is 0 Å². The highest BCUT2D eigenvalue weighted by Gasteiger charge is 2.35. The molecule has 0 atom stereocenters. The van der Waals surface area contributed by atoms with E-state index in [1.165, 1.54) is 5.73 Å². The Bertz CT molecular complexity index is 263. The highest BCUT2D eigenvalue weighted by molar-refractivity contribution is 7.77. The molecule has 0 aliphatic heterocycles. The first-order valence-corrected chi connectivity index (χ1v) is 5.44. The quantitative estimate of drug-likeness (QED) is 0.367. The monoisotopic (exact) mass is 200 g/mol. The van der Waals surface area contributed by atoms with Crippen LogP contribution in [0.3, 0.4) is 0 Å². The third kappa shape index (κ3) is 3.14. The average Bonchev–Trinajstić information content (AvgIpc) is 1.56. The Morgan fingerprint density at radius 1 is 1.09 bits per heavy atom. The zero-order chi connectivity index (χ0) is 9.28. The predicted molar refractivity (Wildman–Crippen MR) is 36.7 cm³/mol. The van der Waals surface area contributed by atoms with Crippen molar-refractivity contribution in [3.05, 3.63) is 17.4 Å². The zero-order valence-electron chi connectivity index (χ0n) is 5.21. The highest BCUT2D eigenvalue weighted by Crippen LogP contribution is 2.63. The molecule has 0 bridgehead atoms. The van der Waals surface area contributed by atoms with Crippen molar-refractivity contribution in [1.82, 2.24) is 0 Å². The third-order valence-electron chi connectivity index (χ3n) is 0.710. The molecule has 0 rings (SSSR count). The lowest BCUT2D eigenvalue weighted by Crippen LogP contribution is -1.86. The second-order valence-electron chi connectivity index (χ2n) is 1.59. The molecule has 64 valence electrons. The van der Waals surface area contributed by atoms with Gasteiger partial charge >= 0.3 is 15.2 Å². The molecule has 8 heteroatoms. The first kappa shape index (κ1) is 10.8. The zero-order valence-corrected chi connectivity index (χ0v) is 7.00. The van der Waals surface area contributed by atoms with Gasteiger partial charge in [0.05, 0.1) is 0 Å². The first-order valence-electron chi connectivity index (χ1n) is 2.22. The summed E-state index contributed by atoms with van der Waals surface area (Å²) in [5.74, 6) is 0.